The van der Waals surface area contributed by atoms with E-state index in [0.29, 0.717) is 22.1 Å². The Hall–Kier alpha value is -1.98. The second-order valence-corrected chi connectivity index (χ2v) is 10.6. The van der Waals surface area contributed by atoms with Gasteiger partial charge in [0.15, 0.2) is 0 Å². The van der Waals surface area contributed by atoms with Crippen LogP contribution in [-0.2, 0) is 15.8 Å². The van der Waals surface area contributed by atoms with Gasteiger partial charge in [-0.2, -0.15) is 11.8 Å². The maximum absolute atomic E-state index is 12.4. The summed E-state index contributed by atoms with van der Waals surface area (Å²) in [5.41, 5.74) is 2.30. The summed E-state index contributed by atoms with van der Waals surface area (Å²) in [6, 6.07) is 14.6. The van der Waals surface area contributed by atoms with Crippen molar-refractivity contribution >= 4 is 55.8 Å². The number of aromatic nitrogens is 2. The van der Waals surface area contributed by atoms with E-state index in [2.05, 4.69) is 20.2 Å². The molecule has 11 heteroatoms. The van der Waals surface area contributed by atoms with Gasteiger partial charge in [-0.05, 0) is 30.2 Å². The third-order valence-electron chi connectivity index (χ3n) is 4.00. The smallest absolute Gasteiger partial charge is 0.269 e. The molecule has 0 saturated carbocycles. The molecule has 0 radical (unpaired) electrons. The van der Waals surface area contributed by atoms with Gasteiger partial charge in [-0.1, -0.05) is 59.3 Å². The van der Waals surface area contributed by atoms with Crippen molar-refractivity contribution in [1.82, 2.24) is 14.9 Å². The molecule has 1 aromatic heterocycles. The molecule has 2 N–H and O–H groups in total. The van der Waals surface area contributed by atoms with Crippen molar-refractivity contribution in [2.45, 2.75) is 17.0 Å². The lowest BCUT2D eigenvalue weighted by molar-refractivity contribution is 0.102. The van der Waals surface area contributed by atoms with Crippen molar-refractivity contribution in [3.05, 3.63) is 70.2 Å². The second-order valence-electron chi connectivity index (χ2n) is 6.18. The topological polar surface area (TPSA) is 101 Å². The van der Waals surface area contributed by atoms with Crippen LogP contribution in [0.1, 0.15) is 21.5 Å². The van der Waals surface area contributed by atoms with Crippen LogP contribution in [0.15, 0.2) is 52.9 Å². The predicted molar refractivity (Wildman–Crippen MR) is 122 cm³/mol. The fraction of sp³-hybridized carbons (Fsp3) is 0.211. The molecular weight excluding hydrogens is 464 g/mol. The summed E-state index contributed by atoms with van der Waals surface area (Å²) in [7, 11) is -3.80. The van der Waals surface area contributed by atoms with Crippen LogP contribution in [0.3, 0.4) is 0 Å². The molecule has 1 amide bonds. The van der Waals surface area contributed by atoms with Gasteiger partial charge in [-0.25, -0.2) is 13.1 Å². The molecule has 2 aromatic carbocycles. The standard InChI is InChI=1S/C19H19ClN4O3S3/c1-13-6-2-4-8-15(13)17(25)22-18-23-24-19(29-18)30(26,27)21-10-11-28-12-14-7-3-5-9-16(14)20/h2-9,21H,10-12H2,1H3,(H,22,23,25). The first kappa shape index (κ1) is 22.7. The summed E-state index contributed by atoms with van der Waals surface area (Å²) in [5.74, 6) is 0.896. The molecule has 0 aliphatic carbocycles. The normalized spacial score (nSPS) is 11.4. The van der Waals surface area contributed by atoms with E-state index < -0.39 is 10.0 Å². The van der Waals surface area contributed by atoms with E-state index >= 15 is 0 Å². The molecule has 0 bridgehead atoms. The van der Waals surface area contributed by atoms with Gasteiger partial charge in [-0.3, -0.25) is 10.1 Å². The molecule has 3 rings (SSSR count). The highest BCUT2D eigenvalue weighted by molar-refractivity contribution is 7.98. The van der Waals surface area contributed by atoms with E-state index in [0.717, 1.165) is 22.5 Å². The molecule has 0 spiro atoms. The Morgan fingerprint density at radius 3 is 2.63 bits per heavy atom. The third kappa shape index (κ3) is 6.02. The van der Waals surface area contributed by atoms with E-state index in [9.17, 15) is 13.2 Å². The number of thioether (sulfide) groups is 1. The van der Waals surface area contributed by atoms with E-state index in [1.165, 1.54) is 0 Å². The van der Waals surface area contributed by atoms with Crippen molar-refractivity contribution in [3.63, 3.8) is 0 Å². The summed E-state index contributed by atoms with van der Waals surface area (Å²) >= 11 is 8.48. The van der Waals surface area contributed by atoms with Crippen LogP contribution in [0.4, 0.5) is 5.13 Å². The summed E-state index contributed by atoms with van der Waals surface area (Å²) < 4.78 is 27.1. The minimum atomic E-state index is -3.80. The fourth-order valence-electron chi connectivity index (χ4n) is 2.47. The van der Waals surface area contributed by atoms with Gasteiger partial charge < -0.3 is 0 Å². The fourth-order valence-corrected chi connectivity index (χ4v) is 5.71. The van der Waals surface area contributed by atoms with Gasteiger partial charge in [-0.15, -0.1) is 10.2 Å². The Labute approximate surface area is 188 Å². The Kier molecular flexibility index (Phi) is 7.84. The lowest BCUT2D eigenvalue weighted by Crippen LogP contribution is -2.26. The quantitative estimate of drug-likeness (QED) is 0.353. The molecule has 158 valence electrons. The molecule has 0 saturated heterocycles. The number of carbonyl (C=O) groups is 1. The van der Waals surface area contributed by atoms with Crippen molar-refractivity contribution in [3.8, 4) is 0 Å². The molecule has 0 aliphatic rings. The molecule has 0 unspecified atom stereocenters. The van der Waals surface area contributed by atoms with Crippen LogP contribution in [0.2, 0.25) is 5.02 Å². The SMILES string of the molecule is Cc1ccccc1C(=O)Nc1nnc(S(=O)(=O)NCCSCc2ccccc2Cl)s1. The first-order valence-electron chi connectivity index (χ1n) is 8.88. The average Bonchev–Trinajstić information content (AvgIpc) is 3.19. The Morgan fingerprint density at radius 1 is 1.13 bits per heavy atom. The molecule has 3 aromatic rings. The first-order valence-corrected chi connectivity index (χ1v) is 12.7. The van der Waals surface area contributed by atoms with Crippen molar-refractivity contribution in [2.75, 3.05) is 17.6 Å². The monoisotopic (exact) mass is 482 g/mol. The summed E-state index contributed by atoms with van der Waals surface area (Å²) in [6.45, 7) is 2.06. The van der Waals surface area contributed by atoms with Crippen LogP contribution in [0.25, 0.3) is 0 Å². The van der Waals surface area contributed by atoms with Gasteiger partial charge in [0.05, 0.1) is 0 Å². The van der Waals surface area contributed by atoms with E-state index in [-0.39, 0.29) is 21.9 Å². The van der Waals surface area contributed by atoms with Gasteiger partial charge in [0, 0.05) is 28.6 Å². The average molecular weight is 483 g/mol. The summed E-state index contributed by atoms with van der Waals surface area (Å²) in [6.07, 6.45) is 0. The Balaban J connectivity index is 1.51. The number of benzene rings is 2. The number of amides is 1. The van der Waals surface area contributed by atoms with Gasteiger partial charge >= 0.3 is 0 Å². The Morgan fingerprint density at radius 2 is 1.87 bits per heavy atom. The number of hydrogen-bond donors (Lipinski definition) is 2. The zero-order valence-electron chi connectivity index (χ0n) is 16.0. The largest absolute Gasteiger partial charge is 0.296 e. The van der Waals surface area contributed by atoms with Crippen LogP contribution in [0.5, 0.6) is 0 Å². The molecule has 0 fully saturated rings. The van der Waals surface area contributed by atoms with Gasteiger partial charge in [0.1, 0.15) is 0 Å². The van der Waals surface area contributed by atoms with E-state index in [1.54, 1.807) is 23.9 Å². The van der Waals surface area contributed by atoms with E-state index in [4.69, 9.17) is 11.6 Å². The van der Waals surface area contributed by atoms with Crippen LogP contribution in [0, 0.1) is 6.92 Å². The molecule has 30 heavy (non-hydrogen) atoms. The van der Waals surface area contributed by atoms with Crippen molar-refractivity contribution in [2.24, 2.45) is 0 Å². The predicted octanol–water partition coefficient (Wildman–Crippen LogP) is 3.96. The van der Waals surface area contributed by atoms with Gasteiger partial charge in [0.25, 0.3) is 15.9 Å². The highest BCUT2D eigenvalue weighted by Gasteiger charge is 2.21. The first-order chi connectivity index (χ1) is 14.4. The number of sulfonamides is 1. The minimum Gasteiger partial charge on any atom is -0.296 e. The Bertz CT molecular complexity index is 1140. The molecule has 0 atom stereocenters. The maximum Gasteiger partial charge on any atom is 0.269 e. The molecule has 1 heterocycles. The highest BCUT2D eigenvalue weighted by atomic mass is 35.5. The van der Waals surface area contributed by atoms with Crippen LogP contribution >= 0.6 is 34.7 Å². The number of nitrogens with zero attached hydrogens (tertiary/aromatic N) is 2. The number of nitrogens with one attached hydrogen (secondary N) is 2. The van der Waals surface area contributed by atoms with Crippen molar-refractivity contribution < 1.29 is 13.2 Å². The van der Waals surface area contributed by atoms with Crippen LogP contribution in [-0.4, -0.2) is 36.8 Å². The van der Waals surface area contributed by atoms with Gasteiger partial charge in [0.2, 0.25) is 9.47 Å². The molecule has 0 aliphatic heterocycles. The molecular formula is C19H19ClN4O3S3. The second kappa shape index (κ2) is 10.4. The third-order valence-corrected chi connectivity index (χ3v) is 8.04. The number of halogens is 1. The maximum atomic E-state index is 12.4. The zero-order chi connectivity index (χ0) is 21.6. The lowest BCUT2D eigenvalue weighted by atomic mass is 10.1. The lowest BCUT2D eigenvalue weighted by Gasteiger charge is -2.05. The number of hydrogen-bond acceptors (Lipinski definition) is 7. The highest BCUT2D eigenvalue weighted by Crippen LogP contribution is 2.22. The van der Waals surface area contributed by atoms with E-state index in [1.807, 2.05) is 43.3 Å². The zero-order valence-corrected chi connectivity index (χ0v) is 19.2. The number of anilines is 1. The minimum absolute atomic E-state index is 0.122. The number of aryl methyl sites for hydroxylation is 1. The number of rotatable bonds is 9. The van der Waals surface area contributed by atoms with Crippen LogP contribution < -0.4 is 10.0 Å². The number of carbonyl (C=O) groups excluding carboxylic acids is 1. The summed E-state index contributed by atoms with van der Waals surface area (Å²) in [5, 5.41) is 10.9. The summed E-state index contributed by atoms with van der Waals surface area (Å²) in [4.78, 5) is 12.3. The van der Waals surface area contributed by atoms with Crippen molar-refractivity contribution in [1.29, 1.82) is 0 Å². The molecule has 7 nitrogen and oxygen atoms in total.